The van der Waals surface area contributed by atoms with Gasteiger partial charge < -0.3 is 15.3 Å². The molecule has 0 fully saturated rings. The van der Waals surface area contributed by atoms with Crippen molar-refractivity contribution in [2.75, 3.05) is 0 Å². The van der Waals surface area contributed by atoms with Gasteiger partial charge in [-0.05, 0) is 79.6 Å². The van der Waals surface area contributed by atoms with Crippen molar-refractivity contribution in [1.82, 2.24) is 0 Å². The second-order valence-corrected chi connectivity index (χ2v) is 10.7. The molecule has 0 radical (unpaired) electrons. The van der Waals surface area contributed by atoms with Crippen LogP contribution in [0, 0.1) is 27.7 Å². The van der Waals surface area contributed by atoms with Crippen LogP contribution in [0.5, 0.6) is 17.2 Å². The summed E-state index contributed by atoms with van der Waals surface area (Å²) in [5, 5.41) is 31.6. The van der Waals surface area contributed by atoms with Crippen LogP contribution in [-0.4, -0.2) is 15.3 Å². The average Bonchev–Trinajstić information content (AvgIpc) is 2.83. The molecule has 0 aliphatic rings. The highest BCUT2D eigenvalue weighted by atomic mass is 16.3. The molecule has 3 N–H and O–H groups in total. The molecule has 0 spiro atoms. The van der Waals surface area contributed by atoms with Crippen LogP contribution in [0.4, 0.5) is 0 Å². The molecule has 0 heterocycles. The van der Waals surface area contributed by atoms with Crippen LogP contribution in [0.3, 0.4) is 0 Å². The lowest BCUT2D eigenvalue weighted by molar-refractivity contribution is 0.453. The van der Waals surface area contributed by atoms with Crippen LogP contribution >= 0.6 is 0 Å². The van der Waals surface area contributed by atoms with Gasteiger partial charge in [-0.15, -0.1) is 0 Å². The van der Waals surface area contributed by atoms with E-state index in [-0.39, 0.29) is 17.1 Å². The minimum Gasteiger partial charge on any atom is -0.508 e. The largest absolute Gasteiger partial charge is 0.508 e. The van der Waals surface area contributed by atoms with Crippen LogP contribution in [0.25, 0.3) is 0 Å². The fourth-order valence-corrected chi connectivity index (χ4v) is 5.27. The highest BCUT2D eigenvalue weighted by Gasteiger charge is 2.26. The van der Waals surface area contributed by atoms with E-state index in [4.69, 9.17) is 0 Å². The molecule has 3 heteroatoms. The van der Waals surface area contributed by atoms with E-state index in [1.54, 1.807) is 12.1 Å². The maximum Gasteiger partial charge on any atom is 0.122 e. The van der Waals surface area contributed by atoms with Gasteiger partial charge in [0.15, 0.2) is 0 Å². The van der Waals surface area contributed by atoms with Gasteiger partial charge in [0.1, 0.15) is 17.2 Å². The van der Waals surface area contributed by atoms with Crippen molar-refractivity contribution in [1.29, 1.82) is 0 Å². The summed E-state index contributed by atoms with van der Waals surface area (Å²) in [6.07, 6.45) is 0.575. The van der Waals surface area contributed by atoms with E-state index in [1.807, 2.05) is 58.0 Å². The molecule has 0 saturated carbocycles. The second kappa shape index (κ2) is 9.73. The Labute approximate surface area is 214 Å². The summed E-state index contributed by atoms with van der Waals surface area (Å²) in [6.45, 7) is 12.3. The molecule has 36 heavy (non-hydrogen) atoms. The van der Waals surface area contributed by atoms with Crippen LogP contribution in [0.2, 0.25) is 0 Å². The Morgan fingerprint density at radius 3 is 1.72 bits per heavy atom. The van der Waals surface area contributed by atoms with Crippen molar-refractivity contribution in [3.8, 4) is 17.2 Å². The van der Waals surface area contributed by atoms with Crippen molar-refractivity contribution < 1.29 is 15.3 Å². The number of aryl methyl sites for hydroxylation is 4. The Kier molecular flexibility index (Phi) is 6.86. The lowest BCUT2D eigenvalue weighted by Crippen LogP contribution is -2.19. The van der Waals surface area contributed by atoms with Crippen molar-refractivity contribution >= 4 is 0 Å². The van der Waals surface area contributed by atoms with Crippen molar-refractivity contribution in [2.45, 2.75) is 59.3 Å². The van der Waals surface area contributed by atoms with Gasteiger partial charge in [-0.2, -0.15) is 0 Å². The molecular weight excluding hydrogens is 444 g/mol. The first kappa shape index (κ1) is 25.4. The first-order chi connectivity index (χ1) is 17.0. The molecule has 1 unspecified atom stereocenters. The minimum atomic E-state index is -0.240. The first-order valence-corrected chi connectivity index (χ1v) is 12.5. The highest BCUT2D eigenvalue weighted by Crippen LogP contribution is 2.40. The molecular formula is C33H36O3. The topological polar surface area (TPSA) is 60.7 Å². The number of phenolic OH excluding ortho intramolecular Hbond substituents is 3. The zero-order valence-corrected chi connectivity index (χ0v) is 22.1. The molecule has 0 saturated heterocycles. The number of hydrogen-bond acceptors (Lipinski definition) is 3. The van der Waals surface area contributed by atoms with Gasteiger partial charge in [0.25, 0.3) is 0 Å². The lowest BCUT2D eigenvalue weighted by Gasteiger charge is -2.27. The van der Waals surface area contributed by atoms with Gasteiger partial charge in [0.2, 0.25) is 0 Å². The molecule has 0 bridgehead atoms. The fourth-order valence-electron chi connectivity index (χ4n) is 5.27. The average molecular weight is 481 g/mol. The second-order valence-electron chi connectivity index (χ2n) is 10.7. The predicted molar refractivity (Wildman–Crippen MR) is 147 cm³/mol. The van der Waals surface area contributed by atoms with Crippen molar-refractivity contribution in [3.63, 3.8) is 0 Å². The number of aromatic hydroxyl groups is 3. The number of rotatable bonds is 6. The van der Waals surface area contributed by atoms with Gasteiger partial charge in [-0.3, -0.25) is 0 Å². The van der Waals surface area contributed by atoms with Crippen LogP contribution in [0.1, 0.15) is 69.8 Å². The van der Waals surface area contributed by atoms with Gasteiger partial charge >= 0.3 is 0 Å². The van der Waals surface area contributed by atoms with E-state index in [0.717, 1.165) is 50.1 Å². The van der Waals surface area contributed by atoms with E-state index in [0.29, 0.717) is 17.9 Å². The van der Waals surface area contributed by atoms with Crippen LogP contribution in [-0.2, 0) is 11.8 Å². The van der Waals surface area contributed by atoms with Gasteiger partial charge in [-0.1, -0.05) is 85.6 Å². The van der Waals surface area contributed by atoms with E-state index >= 15 is 0 Å². The highest BCUT2D eigenvalue weighted by molar-refractivity contribution is 5.52. The SMILES string of the molecule is Cc1cc(C)c(O)c(CC(c2ccc(C(C)(C)c3ccc(O)cc3)cc2)c2cc(C)cc(C)c2O)c1. The molecule has 1 atom stereocenters. The normalized spacial score (nSPS) is 12.5. The number of hydrogen-bond donors (Lipinski definition) is 3. The summed E-state index contributed by atoms with van der Waals surface area (Å²) in [5.74, 6) is 0.764. The van der Waals surface area contributed by atoms with E-state index in [2.05, 4.69) is 44.2 Å². The molecule has 4 aromatic carbocycles. The molecule has 0 aromatic heterocycles. The van der Waals surface area contributed by atoms with Crippen molar-refractivity contribution in [3.05, 3.63) is 123 Å². The van der Waals surface area contributed by atoms with Gasteiger partial charge in [0, 0.05) is 16.9 Å². The maximum atomic E-state index is 11.1. The van der Waals surface area contributed by atoms with Gasteiger partial charge in [0.05, 0.1) is 0 Å². The quantitative estimate of drug-likeness (QED) is 0.264. The Hall–Kier alpha value is -3.72. The fraction of sp³-hybridized carbons (Fsp3) is 0.273. The lowest BCUT2D eigenvalue weighted by atomic mass is 9.76. The zero-order valence-electron chi connectivity index (χ0n) is 22.1. The van der Waals surface area contributed by atoms with Crippen molar-refractivity contribution in [2.24, 2.45) is 0 Å². The summed E-state index contributed by atoms with van der Waals surface area (Å²) < 4.78 is 0. The van der Waals surface area contributed by atoms with Gasteiger partial charge in [-0.25, -0.2) is 0 Å². The third-order valence-electron chi connectivity index (χ3n) is 7.42. The van der Waals surface area contributed by atoms with Crippen LogP contribution in [0.15, 0.2) is 72.8 Å². The van der Waals surface area contributed by atoms with E-state index in [1.165, 1.54) is 0 Å². The summed E-state index contributed by atoms with van der Waals surface area (Å²) in [5.41, 5.74) is 8.79. The Morgan fingerprint density at radius 1 is 0.639 bits per heavy atom. The summed E-state index contributed by atoms with van der Waals surface area (Å²) in [7, 11) is 0. The summed E-state index contributed by atoms with van der Waals surface area (Å²) in [6, 6.07) is 24.0. The zero-order chi connectivity index (χ0) is 26.2. The Balaban J connectivity index is 1.79. The predicted octanol–water partition coefficient (Wildman–Crippen LogP) is 7.74. The Bertz CT molecular complexity index is 1380. The molecule has 4 rings (SSSR count). The molecule has 186 valence electrons. The van der Waals surface area contributed by atoms with Crippen LogP contribution < -0.4 is 0 Å². The summed E-state index contributed by atoms with van der Waals surface area (Å²) >= 11 is 0. The molecule has 4 aromatic rings. The molecule has 0 aliphatic carbocycles. The third kappa shape index (κ3) is 4.97. The number of benzene rings is 4. The minimum absolute atomic E-state index is 0.124. The van der Waals surface area contributed by atoms with E-state index in [9.17, 15) is 15.3 Å². The molecule has 0 amide bonds. The molecule has 3 nitrogen and oxygen atoms in total. The smallest absolute Gasteiger partial charge is 0.122 e. The summed E-state index contributed by atoms with van der Waals surface area (Å²) in [4.78, 5) is 0. The molecule has 0 aliphatic heterocycles. The maximum absolute atomic E-state index is 11.1. The third-order valence-corrected chi connectivity index (χ3v) is 7.42. The Morgan fingerprint density at radius 2 is 1.14 bits per heavy atom. The monoisotopic (exact) mass is 480 g/mol. The van der Waals surface area contributed by atoms with E-state index < -0.39 is 0 Å². The standard InChI is InChI=1S/C33H36O3/c1-20-15-22(3)31(35)25(17-20)19-29(30-18-21(2)16-23(4)32(30)36)24-7-9-26(10-8-24)33(5,6)27-11-13-28(34)14-12-27/h7-18,29,34-36H,19H2,1-6H3. The number of phenols is 3. The first-order valence-electron chi connectivity index (χ1n) is 12.5.